The van der Waals surface area contributed by atoms with Gasteiger partial charge in [-0.3, -0.25) is 9.36 Å². The van der Waals surface area contributed by atoms with Gasteiger partial charge in [0.05, 0.1) is 5.39 Å². The molecule has 0 amide bonds. The van der Waals surface area contributed by atoms with Crippen molar-refractivity contribution in [3.05, 3.63) is 39.1 Å². The fourth-order valence-electron chi connectivity index (χ4n) is 2.26. The summed E-state index contributed by atoms with van der Waals surface area (Å²) in [5.74, 6) is 0.824. The summed E-state index contributed by atoms with van der Waals surface area (Å²) in [7, 11) is 1.76. The minimum Gasteiger partial charge on any atom is -0.290 e. The van der Waals surface area contributed by atoms with Crippen LogP contribution in [0.5, 0.6) is 0 Å². The minimum atomic E-state index is -0.0209. The first-order chi connectivity index (χ1) is 11.7. The lowest BCUT2D eigenvalue weighted by Gasteiger charge is -2.05. The van der Waals surface area contributed by atoms with Crippen LogP contribution in [0.2, 0.25) is 0 Å². The second kappa shape index (κ2) is 6.40. The fourth-order valence-corrected chi connectivity index (χ4v) is 5.72. The molecule has 0 unspecified atom stereocenters. The average molecular weight is 393 g/mol. The largest absolute Gasteiger partial charge is 0.290 e. The Labute approximate surface area is 154 Å². The van der Waals surface area contributed by atoms with Gasteiger partial charge in [0.15, 0.2) is 9.50 Å². The molecule has 4 aromatic heterocycles. The van der Waals surface area contributed by atoms with Gasteiger partial charge in [0.2, 0.25) is 0 Å². The van der Waals surface area contributed by atoms with Crippen molar-refractivity contribution < 1.29 is 0 Å². The first-order valence-electron chi connectivity index (χ1n) is 7.20. The van der Waals surface area contributed by atoms with E-state index in [2.05, 4.69) is 14.3 Å². The summed E-state index contributed by atoms with van der Waals surface area (Å²) in [6.45, 7) is 2.02. The van der Waals surface area contributed by atoms with Crippen molar-refractivity contribution in [2.24, 2.45) is 7.05 Å². The predicted molar refractivity (Wildman–Crippen MR) is 102 cm³/mol. The SMILES string of the molecule is CCc1nsc(Sc2nc3scc(-c4cccs4)c3c(=O)n2C)n1. The van der Waals surface area contributed by atoms with Crippen LogP contribution in [0.3, 0.4) is 0 Å². The van der Waals surface area contributed by atoms with Crippen LogP contribution < -0.4 is 5.56 Å². The quantitative estimate of drug-likeness (QED) is 0.485. The normalized spacial score (nSPS) is 11.4. The third-order valence-electron chi connectivity index (χ3n) is 3.51. The van der Waals surface area contributed by atoms with E-state index in [9.17, 15) is 4.79 Å². The Morgan fingerprint density at radius 2 is 2.17 bits per heavy atom. The molecule has 0 aliphatic rings. The van der Waals surface area contributed by atoms with E-state index in [4.69, 9.17) is 0 Å². The van der Waals surface area contributed by atoms with Crippen LogP contribution >= 0.6 is 46.0 Å². The molecule has 0 saturated carbocycles. The van der Waals surface area contributed by atoms with Crippen LogP contribution in [0.25, 0.3) is 20.7 Å². The molecule has 0 aliphatic heterocycles. The highest BCUT2D eigenvalue weighted by molar-refractivity contribution is 8.00. The summed E-state index contributed by atoms with van der Waals surface area (Å²) in [5.41, 5.74) is 0.950. The lowest BCUT2D eigenvalue weighted by molar-refractivity contribution is 0.728. The van der Waals surface area contributed by atoms with Crippen LogP contribution in [-0.4, -0.2) is 18.9 Å². The maximum absolute atomic E-state index is 12.9. The minimum absolute atomic E-state index is 0.0209. The van der Waals surface area contributed by atoms with E-state index in [1.165, 1.54) is 34.6 Å². The molecule has 122 valence electrons. The van der Waals surface area contributed by atoms with Crippen molar-refractivity contribution in [2.45, 2.75) is 22.8 Å². The van der Waals surface area contributed by atoms with Gasteiger partial charge in [-0.1, -0.05) is 13.0 Å². The highest BCUT2D eigenvalue weighted by atomic mass is 32.2. The topological polar surface area (TPSA) is 60.7 Å². The predicted octanol–water partition coefficient (Wildman–Crippen LogP) is 4.29. The average Bonchev–Trinajstić information content (AvgIpc) is 3.31. The molecule has 4 aromatic rings. The molecule has 4 rings (SSSR count). The number of aryl methyl sites for hydroxylation is 1. The molecule has 0 atom stereocenters. The Bertz CT molecular complexity index is 1060. The number of thiophene rings is 2. The molecular formula is C15H12N4OS4. The highest BCUT2D eigenvalue weighted by Crippen LogP contribution is 2.35. The fraction of sp³-hybridized carbons (Fsp3) is 0.200. The monoisotopic (exact) mass is 392 g/mol. The number of rotatable bonds is 4. The van der Waals surface area contributed by atoms with Gasteiger partial charge < -0.3 is 0 Å². The number of nitrogens with zero attached hydrogens (tertiary/aromatic N) is 4. The van der Waals surface area contributed by atoms with Gasteiger partial charge in [0, 0.05) is 29.3 Å². The van der Waals surface area contributed by atoms with Gasteiger partial charge in [-0.2, -0.15) is 4.37 Å². The Hall–Kier alpha value is -1.55. The van der Waals surface area contributed by atoms with Gasteiger partial charge in [-0.25, -0.2) is 9.97 Å². The van der Waals surface area contributed by atoms with Gasteiger partial charge in [0.25, 0.3) is 5.56 Å². The Morgan fingerprint density at radius 3 is 2.88 bits per heavy atom. The van der Waals surface area contributed by atoms with E-state index >= 15 is 0 Å². The molecule has 4 heterocycles. The number of fused-ring (bicyclic) bond motifs is 1. The maximum Gasteiger partial charge on any atom is 0.263 e. The summed E-state index contributed by atoms with van der Waals surface area (Å²) in [4.78, 5) is 23.9. The van der Waals surface area contributed by atoms with Crippen molar-refractivity contribution in [3.8, 4) is 10.4 Å². The summed E-state index contributed by atoms with van der Waals surface area (Å²) in [6.07, 6.45) is 0.803. The van der Waals surface area contributed by atoms with Crippen molar-refractivity contribution in [2.75, 3.05) is 0 Å². The highest BCUT2D eigenvalue weighted by Gasteiger charge is 2.17. The molecule has 9 heteroatoms. The third-order valence-corrected chi connectivity index (χ3v) is 7.12. The zero-order valence-corrected chi connectivity index (χ0v) is 16.1. The Morgan fingerprint density at radius 1 is 1.29 bits per heavy atom. The van der Waals surface area contributed by atoms with Crippen LogP contribution in [0, 0.1) is 0 Å². The zero-order chi connectivity index (χ0) is 16.7. The van der Waals surface area contributed by atoms with Crippen LogP contribution in [-0.2, 0) is 13.5 Å². The summed E-state index contributed by atoms with van der Waals surface area (Å²) < 4.78 is 6.69. The Kier molecular flexibility index (Phi) is 4.25. The van der Waals surface area contributed by atoms with E-state index in [0.29, 0.717) is 10.5 Å². The van der Waals surface area contributed by atoms with E-state index in [1.807, 2.05) is 29.8 Å². The molecule has 0 radical (unpaired) electrons. The molecule has 0 bridgehead atoms. The van der Waals surface area contributed by atoms with Crippen molar-refractivity contribution >= 4 is 56.2 Å². The molecule has 0 fully saturated rings. The van der Waals surface area contributed by atoms with Crippen LogP contribution in [0.4, 0.5) is 0 Å². The molecular weight excluding hydrogens is 380 g/mol. The molecule has 0 N–H and O–H groups in total. The van der Waals surface area contributed by atoms with Crippen LogP contribution in [0.15, 0.2) is 37.2 Å². The van der Waals surface area contributed by atoms with E-state index in [-0.39, 0.29) is 5.56 Å². The van der Waals surface area contributed by atoms with Crippen molar-refractivity contribution in [1.29, 1.82) is 0 Å². The van der Waals surface area contributed by atoms with E-state index < -0.39 is 0 Å². The number of hydrogen-bond donors (Lipinski definition) is 0. The van der Waals surface area contributed by atoms with Gasteiger partial charge in [-0.05, 0) is 34.7 Å². The first kappa shape index (κ1) is 15.9. The lowest BCUT2D eigenvalue weighted by Crippen LogP contribution is -2.19. The third kappa shape index (κ3) is 2.71. The maximum atomic E-state index is 12.9. The summed E-state index contributed by atoms with van der Waals surface area (Å²) in [6, 6.07) is 4.02. The number of hydrogen-bond acceptors (Lipinski definition) is 8. The Balaban J connectivity index is 1.81. The van der Waals surface area contributed by atoms with Gasteiger partial charge in [0.1, 0.15) is 10.7 Å². The van der Waals surface area contributed by atoms with Crippen molar-refractivity contribution in [1.82, 2.24) is 18.9 Å². The molecule has 0 spiro atoms. The smallest absolute Gasteiger partial charge is 0.263 e. The second-order valence-electron chi connectivity index (χ2n) is 5.00. The van der Waals surface area contributed by atoms with Crippen LogP contribution in [0.1, 0.15) is 12.7 Å². The standard InChI is InChI=1S/C15H12N4OS4/c1-3-10-16-15(24-18-10)23-14-17-12-11(13(20)19(14)2)8(7-22-12)9-5-4-6-21-9/h4-7H,3H2,1-2H3. The molecule has 24 heavy (non-hydrogen) atoms. The zero-order valence-electron chi connectivity index (χ0n) is 12.8. The van der Waals surface area contributed by atoms with Crippen molar-refractivity contribution in [3.63, 3.8) is 0 Å². The van der Waals surface area contributed by atoms with Gasteiger partial charge in [-0.15, -0.1) is 22.7 Å². The summed E-state index contributed by atoms with van der Waals surface area (Å²) >= 11 is 5.87. The number of aromatic nitrogens is 4. The first-order valence-corrected chi connectivity index (χ1v) is 10.5. The molecule has 0 saturated heterocycles. The lowest BCUT2D eigenvalue weighted by atomic mass is 10.2. The van der Waals surface area contributed by atoms with E-state index in [1.54, 1.807) is 23.0 Å². The van der Waals surface area contributed by atoms with Gasteiger partial charge >= 0.3 is 0 Å². The molecule has 0 aromatic carbocycles. The second-order valence-corrected chi connectivity index (χ2v) is 8.77. The summed E-state index contributed by atoms with van der Waals surface area (Å²) in [5, 5.41) is 5.37. The molecule has 0 aliphatic carbocycles. The molecule has 5 nitrogen and oxygen atoms in total. The van der Waals surface area contributed by atoms with E-state index in [0.717, 1.165) is 31.9 Å².